The highest BCUT2D eigenvalue weighted by atomic mass is 16.5. The molecule has 2 aromatic carbocycles. The highest BCUT2D eigenvalue weighted by molar-refractivity contribution is 6.04. The van der Waals surface area contributed by atoms with Gasteiger partial charge in [-0.3, -0.25) is 4.79 Å². The van der Waals surface area contributed by atoms with E-state index >= 15 is 0 Å². The number of nitrogens with zero attached hydrogens (tertiary/aromatic N) is 2. The van der Waals surface area contributed by atoms with E-state index in [1.54, 1.807) is 36.4 Å². The van der Waals surface area contributed by atoms with Gasteiger partial charge in [0.2, 0.25) is 0 Å². The SMILES string of the molecule is COC(=O)c1cccc2nc3c(C=O)cccc3nc12. The monoisotopic (exact) mass is 266 g/mol. The molecule has 3 aromatic rings. The third kappa shape index (κ3) is 1.80. The lowest BCUT2D eigenvalue weighted by Gasteiger charge is -2.06. The summed E-state index contributed by atoms with van der Waals surface area (Å²) in [5.74, 6) is -0.462. The molecular formula is C15H10N2O3. The van der Waals surface area contributed by atoms with Gasteiger partial charge in [0.1, 0.15) is 5.52 Å². The third-order valence-electron chi connectivity index (χ3n) is 3.06. The van der Waals surface area contributed by atoms with Crippen LogP contribution in [0.2, 0.25) is 0 Å². The number of rotatable bonds is 2. The van der Waals surface area contributed by atoms with Crippen LogP contribution in [0.4, 0.5) is 0 Å². The maximum absolute atomic E-state index is 11.7. The molecule has 20 heavy (non-hydrogen) atoms. The van der Waals surface area contributed by atoms with E-state index in [0.717, 1.165) is 6.29 Å². The van der Waals surface area contributed by atoms with Crippen molar-refractivity contribution in [2.24, 2.45) is 0 Å². The summed E-state index contributed by atoms with van der Waals surface area (Å²) < 4.78 is 4.74. The summed E-state index contributed by atoms with van der Waals surface area (Å²) in [5.41, 5.74) is 2.94. The molecular weight excluding hydrogens is 256 g/mol. The Kier molecular flexibility index (Phi) is 2.87. The maximum Gasteiger partial charge on any atom is 0.340 e. The summed E-state index contributed by atoms with van der Waals surface area (Å²) in [6.07, 6.45) is 0.743. The Labute approximate surface area is 114 Å². The van der Waals surface area contributed by atoms with E-state index in [0.29, 0.717) is 33.2 Å². The molecule has 0 aliphatic carbocycles. The number of benzene rings is 2. The molecule has 0 radical (unpaired) electrons. The average molecular weight is 266 g/mol. The zero-order valence-electron chi connectivity index (χ0n) is 10.7. The largest absolute Gasteiger partial charge is 0.465 e. The first-order valence-electron chi connectivity index (χ1n) is 5.97. The summed E-state index contributed by atoms with van der Waals surface area (Å²) in [6.45, 7) is 0. The Morgan fingerprint density at radius 3 is 2.40 bits per heavy atom. The van der Waals surface area contributed by atoms with Crippen molar-refractivity contribution in [3.63, 3.8) is 0 Å². The number of hydrogen-bond donors (Lipinski definition) is 0. The second kappa shape index (κ2) is 4.70. The summed E-state index contributed by atoms with van der Waals surface area (Å²) in [4.78, 5) is 31.6. The molecule has 0 atom stereocenters. The maximum atomic E-state index is 11.7. The van der Waals surface area contributed by atoms with Crippen molar-refractivity contribution in [1.29, 1.82) is 0 Å². The topological polar surface area (TPSA) is 69.2 Å². The molecule has 0 saturated heterocycles. The van der Waals surface area contributed by atoms with Gasteiger partial charge in [-0.25, -0.2) is 14.8 Å². The van der Waals surface area contributed by atoms with Crippen molar-refractivity contribution in [1.82, 2.24) is 9.97 Å². The third-order valence-corrected chi connectivity index (χ3v) is 3.06. The molecule has 1 aromatic heterocycles. The lowest BCUT2D eigenvalue weighted by atomic mass is 10.1. The van der Waals surface area contributed by atoms with Gasteiger partial charge in [-0.2, -0.15) is 0 Å². The molecule has 5 heteroatoms. The minimum absolute atomic E-state index is 0.357. The molecule has 0 fully saturated rings. The molecule has 0 saturated carbocycles. The van der Waals surface area contributed by atoms with E-state index in [-0.39, 0.29) is 0 Å². The number of fused-ring (bicyclic) bond motifs is 2. The molecule has 0 N–H and O–H groups in total. The van der Waals surface area contributed by atoms with Crippen LogP contribution in [0.1, 0.15) is 20.7 Å². The van der Waals surface area contributed by atoms with Gasteiger partial charge in [-0.15, -0.1) is 0 Å². The van der Waals surface area contributed by atoms with Crippen LogP contribution in [-0.2, 0) is 4.74 Å². The fourth-order valence-corrected chi connectivity index (χ4v) is 2.11. The average Bonchev–Trinajstić information content (AvgIpc) is 2.51. The number of carbonyl (C=O) groups is 2. The fourth-order valence-electron chi connectivity index (χ4n) is 2.11. The van der Waals surface area contributed by atoms with Crippen LogP contribution >= 0.6 is 0 Å². The van der Waals surface area contributed by atoms with Crippen molar-refractivity contribution in [3.05, 3.63) is 47.5 Å². The Morgan fingerprint density at radius 1 is 1.05 bits per heavy atom. The van der Waals surface area contributed by atoms with Crippen LogP contribution in [0.25, 0.3) is 22.1 Å². The number of carbonyl (C=O) groups excluding carboxylic acids is 2. The summed E-state index contributed by atoms with van der Waals surface area (Å²) in [5, 5.41) is 0. The van der Waals surface area contributed by atoms with Crippen LogP contribution < -0.4 is 0 Å². The zero-order chi connectivity index (χ0) is 14.1. The van der Waals surface area contributed by atoms with Gasteiger partial charge in [0.05, 0.1) is 29.2 Å². The quantitative estimate of drug-likeness (QED) is 0.404. The van der Waals surface area contributed by atoms with Crippen molar-refractivity contribution in [3.8, 4) is 0 Å². The van der Waals surface area contributed by atoms with Crippen LogP contribution in [0.5, 0.6) is 0 Å². The van der Waals surface area contributed by atoms with Crippen molar-refractivity contribution >= 4 is 34.3 Å². The Balaban J connectivity index is 2.41. The second-order valence-electron chi connectivity index (χ2n) is 4.22. The van der Waals surface area contributed by atoms with E-state index in [1.807, 2.05) is 0 Å². The first kappa shape index (κ1) is 12.2. The van der Waals surface area contributed by atoms with Gasteiger partial charge in [0.15, 0.2) is 6.29 Å². The Bertz CT molecular complexity index is 843. The van der Waals surface area contributed by atoms with E-state index < -0.39 is 5.97 Å². The summed E-state index contributed by atoms with van der Waals surface area (Å²) >= 11 is 0. The normalized spacial score (nSPS) is 10.7. The Morgan fingerprint density at radius 2 is 1.70 bits per heavy atom. The number of esters is 1. The predicted molar refractivity (Wildman–Crippen MR) is 73.8 cm³/mol. The van der Waals surface area contributed by atoms with Gasteiger partial charge in [-0.05, 0) is 24.3 Å². The van der Waals surface area contributed by atoms with E-state index in [4.69, 9.17) is 4.74 Å². The van der Waals surface area contributed by atoms with Crippen molar-refractivity contribution < 1.29 is 14.3 Å². The first-order chi connectivity index (χ1) is 9.74. The van der Waals surface area contributed by atoms with E-state index in [9.17, 15) is 9.59 Å². The fraction of sp³-hybridized carbons (Fsp3) is 0.0667. The standard InChI is InChI=1S/C15H10N2O3/c1-20-15(19)10-5-3-7-12-14(10)17-11-6-2-4-9(8-18)13(11)16-12/h2-8H,1H3. The van der Waals surface area contributed by atoms with Crippen LogP contribution in [0.3, 0.4) is 0 Å². The predicted octanol–water partition coefficient (Wildman–Crippen LogP) is 2.38. The smallest absolute Gasteiger partial charge is 0.340 e. The van der Waals surface area contributed by atoms with Crippen molar-refractivity contribution in [2.45, 2.75) is 0 Å². The number of aromatic nitrogens is 2. The molecule has 0 amide bonds. The number of aldehydes is 1. The Hall–Kier alpha value is -2.82. The molecule has 98 valence electrons. The summed E-state index contributed by atoms with van der Waals surface area (Å²) in [6, 6.07) is 10.3. The number of ether oxygens (including phenoxy) is 1. The van der Waals surface area contributed by atoms with E-state index in [2.05, 4.69) is 9.97 Å². The molecule has 0 spiro atoms. The van der Waals surface area contributed by atoms with Gasteiger partial charge >= 0.3 is 5.97 Å². The number of hydrogen-bond acceptors (Lipinski definition) is 5. The van der Waals surface area contributed by atoms with Gasteiger partial charge in [-0.1, -0.05) is 12.1 Å². The summed E-state index contributed by atoms with van der Waals surface area (Å²) in [7, 11) is 1.32. The number of para-hydroxylation sites is 2. The molecule has 0 aliphatic rings. The highest BCUT2D eigenvalue weighted by Gasteiger charge is 2.13. The minimum Gasteiger partial charge on any atom is -0.465 e. The van der Waals surface area contributed by atoms with Gasteiger partial charge in [0.25, 0.3) is 0 Å². The van der Waals surface area contributed by atoms with Crippen LogP contribution in [0, 0.1) is 0 Å². The second-order valence-corrected chi connectivity index (χ2v) is 4.22. The molecule has 1 heterocycles. The first-order valence-corrected chi connectivity index (χ1v) is 5.97. The number of methoxy groups -OCH3 is 1. The minimum atomic E-state index is -0.462. The lowest BCUT2D eigenvalue weighted by molar-refractivity contribution is 0.0602. The van der Waals surface area contributed by atoms with Gasteiger partial charge in [0, 0.05) is 5.56 Å². The molecule has 5 nitrogen and oxygen atoms in total. The van der Waals surface area contributed by atoms with Gasteiger partial charge < -0.3 is 4.74 Å². The lowest BCUT2D eigenvalue weighted by Crippen LogP contribution is -2.04. The van der Waals surface area contributed by atoms with Crippen molar-refractivity contribution in [2.75, 3.05) is 7.11 Å². The van der Waals surface area contributed by atoms with Crippen LogP contribution in [0.15, 0.2) is 36.4 Å². The van der Waals surface area contributed by atoms with E-state index in [1.165, 1.54) is 7.11 Å². The zero-order valence-corrected chi connectivity index (χ0v) is 10.7. The molecule has 0 aliphatic heterocycles. The van der Waals surface area contributed by atoms with Crippen LogP contribution in [-0.4, -0.2) is 29.3 Å². The molecule has 0 bridgehead atoms. The molecule has 3 rings (SSSR count). The highest BCUT2D eigenvalue weighted by Crippen LogP contribution is 2.21. The molecule has 0 unspecified atom stereocenters.